The van der Waals surface area contributed by atoms with Crippen LogP contribution < -0.4 is 5.32 Å². The van der Waals surface area contributed by atoms with Gasteiger partial charge < -0.3 is 10.4 Å². The van der Waals surface area contributed by atoms with E-state index < -0.39 is 17.7 Å². The van der Waals surface area contributed by atoms with Crippen LogP contribution in [0.3, 0.4) is 0 Å². The summed E-state index contributed by atoms with van der Waals surface area (Å²) in [5, 5.41) is 13.9. The van der Waals surface area contributed by atoms with Gasteiger partial charge in [0.1, 0.15) is 16.4 Å². The van der Waals surface area contributed by atoms with E-state index in [0.717, 1.165) is 11.3 Å². The average Bonchev–Trinajstić information content (AvgIpc) is 3.00. The fourth-order valence-electron chi connectivity index (χ4n) is 2.18. The Hall–Kier alpha value is -3.06. The van der Waals surface area contributed by atoms with E-state index in [2.05, 4.69) is 10.3 Å². The van der Waals surface area contributed by atoms with E-state index in [-0.39, 0.29) is 10.6 Å². The van der Waals surface area contributed by atoms with E-state index in [1.807, 2.05) is 0 Å². The van der Waals surface area contributed by atoms with Crippen LogP contribution >= 0.6 is 11.3 Å². The number of rotatable bonds is 4. The lowest BCUT2D eigenvalue weighted by Crippen LogP contribution is -2.13. The third-order valence-electron chi connectivity index (χ3n) is 3.31. The van der Waals surface area contributed by atoms with Crippen molar-refractivity contribution in [2.24, 2.45) is 0 Å². The minimum Gasteiger partial charge on any atom is -0.478 e. The van der Waals surface area contributed by atoms with E-state index in [9.17, 15) is 19.1 Å². The fraction of sp³-hybridized carbons (Fsp3) is 0. The second-order valence-electron chi connectivity index (χ2n) is 4.86. The molecule has 0 aliphatic rings. The summed E-state index contributed by atoms with van der Waals surface area (Å²) in [6.45, 7) is 0. The minimum atomic E-state index is -1.17. The van der Waals surface area contributed by atoms with E-state index in [1.54, 1.807) is 17.5 Å². The van der Waals surface area contributed by atoms with Gasteiger partial charge in [-0.2, -0.15) is 0 Å². The summed E-state index contributed by atoms with van der Waals surface area (Å²) in [5.74, 6) is -2.02. The maximum Gasteiger partial charge on any atom is 0.339 e. The van der Waals surface area contributed by atoms with Gasteiger partial charge in [-0.1, -0.05) is 12.1 Å². The Kier molecular flexibility index (Phi) is 4.35. The molecule has 1 aromatic carbocycles. The second-order valence-corrected chi connectivity index (χ2v) is 5.74. The molecule has 1 amide bonds. The molecule has 2 heterocycles. The Morgan fingerprint density at radius 3 is 2.54 bits per heavy atom. The molecule has 0 saturated heterocycles. The first-order valence-corrected chi connectivity index (χ1v) is 7.76. The zero-order valence-electron chi connectivity index (χ0n) is 12.2. The molecule has 2 aromatic heterocycles. The van der Waals surface area contributed by atoms with Crippen LogP contribution in [-0.4, -0.2) is 22.0 Å². The molecule has 3 rings (SSSR count). The molecular weight excluding hydrogens is 331 g/mol. The number of carboxylic acid groups (broad SMARTS) is 1. The van der Waals surface area contributed by atoms with Crippen LogP contribution in [0.1, 0.15) is 20.7 Å². The molecule has 3 aromatic rings. The predicted molar refractivity (Wildman–Crippen MR) is 88.9 cm³/mol. The molecule has 0 saturated carbocycles. The number of pyridine rings is 1. The van der Waals surface area contributed by atoms with Crippen molar-refractivity contribution in [2.75, 3.05) is 5.32 Å². The van der Waals surface area contributed by atoms with Crippen LogP contribution in [0.2, 0.25) is 0 Å². The second kappa shape index (κ2) is 6.59. The lowest BCUT2D eigenvalue weighted by atomic mass is 10.0. The number of thiophene rings is 1. The van der Waals surface area contributed by atoms with Crippen molar-refractivity contribution in [1.29, 1.82) is 0 Å². The standard InChI is InChI=1S/C17H11FN2O3S/c18-12-5-3-10(4-6-12)13-9-24-16(14(13)17(22)23)20-15(21)11-2-1-7-19-8-11/h1-9H,(H,20,21)(H,22,23). The highest BCUT2D eigenvalue weighted by Crippen LogP contribution is 2.35. The van der Waals surface area contributed by atoms with E-state index in [4.69, 9.17) is 0 Å². The average molecular weight is 342 g/mol. The van der Waals surface area contributed by atoms with E-state index in [1.165, 1.54) is 36.7 Å². The number of carbonyl (C=O) groups excluding carboxylic acids is 1. The quantitative estimate of drug-likeness (QED) is 0.754. The highest BCUT2D eigenvalue weighted by molar-refractivity contribution is 7.15. The fourth-order valence-corrected chi connectivity index (χ4v) is 3.13. The van der Waals surface area contributed by atoms with Crippen LogP contribution in [0, 0.1) is 5.82 Å². The van der Waals surface area contributed by atoms with Crippen molar-refractivity contribution in [2.45, 2.75) is 0 Å². The number of nitrogens with one attached hydrogen (secondary N) is 1. The summed E-state index contributed by atoms with van der Waals surface area (Å²) in [7, 11) is 0. The number of aromatic nitrogens is 1. The van der Waals surface area contributed by atoms with E-state index >= 15 is 0 Å². The number of anilines is 1. The van der Waals surface area contributed by atoms with Gasteiger partial charge in [0.05, 0.1) is 5.56 Å². The van der Waals surface area contributed by atoms with E-state index in [0.29, 0.717) is 16.7 Å². The highest BCUT2D eigenvalue weighted by Gasteiger charge is 2.21. The largest absolute Gasteiger partial charge is 0.478 e. The first-order chi connectivity index (χ1) is 11.6. The molecular formula is C17H11FN2O3S. The third-order valence-corrected chi connectivity index (χ3v) is 4.21. The van der Waals surface area contributed by atoms with Gasteiger partial charge in [-0.15, -0.1) is 11.3 Å². The summed E-state index contributed by atoms with van der Waals surface area (Å²) in [5.41, 5.74) is 1.29. The summed E-state index contributed by atoms with van der Waals surface area (Å²) >= 11 is 1.10. The third kappa shape index (κ3) is 3.16. The summed E-state index contributed by atoms with van der Waals surface area (Å²) in [4.78, 5) is 27.7. The van der Waals surface area contributed by atoms with Crippen molar-refractivity contribution in [3.8, 4) is 11.1 Å². The number of halogens is 1. The van der Waals surface area contributed by atoms with Gasteiger partial charge in [0, 0.05) is 23.3 Å². The van der Waals surface area contributed by atoms with Crippen molar-refractivity contribution in [3.05, 3.63) is 71.1 Å². The van der Waals surface area contributed by atoms with Crippen LogP contribution in [-0.2, 0) is 0 Å². The van der Waals surface area contributed by atoms with Gasteiger partial charge in [-0.05, 0) is 29.8 Å². The number of nitrogens with zero attached hydrogens (tertiary/aromatic N) is 1. The number of hydrogen-bond acceptors (Lipinski definition) is 4. The Morgan fingerprint density at radius 1 is 1.17 bits per heavy atom. The van der Waals surface area contributed by atoms with Crippen LogP contribution in [0.15, 0.2) is 54.2 Å². The lowest BCUT2D eigenvalue weighted by molar-refractivity contribution is 0.0699. The summed E-state index contributed by atoms with van der Waals surface area (Å²) < 4.78 is 13.0. The van der Waals surface area contributed by atoms with Gasteiger partial charge in [0.15, 0.2) is 0 Å². The Bertz CT molecular complexity index is 892. The number of hydrogen-bond donors (Lipinski definition) is 2. The van der Waals surface area contributed by atoms with Gasteiger partial charge in [-0.3, -0.25) is 9.78 Å². The molecule has 7 heteroatoms. The molecule has 0 atom stereocenters. The predicted octanol–water partition coefficient (Wildman–Crippen LogP) is 3.90. The molecule has 0 fully saturated rings. The first-order valence-electron chi connectivity index (χ1n) is 6.88. The molecule has 0 aliphatic heterocycles. The zero-order valence-corrected chi connectivity index (χ0v) is 13.0. The zero-order chi connectivity index (χ0) is 17.1. The van der Waals surface area contributed by atoms with Crippen molar-refractivity contribution >= 4 is 28.2 Å². The number of amides is 1. The van der Waals surface area contributed by atoms with Crippen LogP contribution in [0.4, 0.5) is 9.39 Å². The SMILES string of the molecule is O=C(Nc1scc(-c2ccc(F)cc2)c1C(=O)O)c1cccnc1. The van der Waals surface area contributed by atoms with Crippen LogP contribution in [0.5, 0.6) is 0 Å². The van der Waals surface area contributed by atoms with Crippen LogP contribution in [0.25, 0.3) is 11.1 Å². The number of carboxylic acids is 1. The maximum atomic E-state index is 13.0. The summed E-state index contributed by atoms with van der Waals surface area (Å²) in [6.07, 6.45) is 2.93. The molecule has 0 spiro atoms. The number of benzene rings is 1. The maximum absolute atomic E-state index is 13.0. The monoisotopic (exact) mass is 342 g/mol. The molecule has 5 nitrogen and oxygen atoms in total. The van der Waals surface area contributed by atoms with Gasteiger partial charge in [0.25, 0.3) is 5.91 Å². The molecule has 0 bridgehead atoms. The molecule has 2 N–H and O–H groups in total. The molecule has 120 valence electrons. The Labute approximate surface area is 140 Å². The highest BCUT2D eigenvalue weighted by atomic mass is 32.1. The smallest absolute Gasteiger partial charge is 0.339 e. The topological polar surface area (TPSA) is 79.3 Å². The number of carbonyl (C=O) groups is 2. The first kappa shape index (κ1) is 15.8. The molecule has 0 unspecified atom stereocenters. The van der Waals surface area contributed by atoms with Gasteiger partial charge in [0.2, 0.25) is 0 Å². The Morgan fingerprint density at radius 2 is 1.92 bits per heavy atom. The van der Waals surface area contributed by atoms with Crippen molar-refractivity contribution in [3.63, 3.8) is 0 Å². The van der Waals surface area contributed by atoms with Crippen molar-refractivity contribution < 1.29 is 19.1 Å². The molecule has 0 radical (unpaired) electrons. The lowest BCUT2D eigenvalue weighted by Gasteiger charge is -2.06. The molecule has 0 aliphatic carbocycles. The minimum absolute atomic E-state index is 0.0242. The van der Waals surface area contributed by atoms with Gasteiger partial charge >= 0.3 is 5.97 Å². The summed E-state index contributed by atoms with van der Waals surface area (Å²) in [6, 6.07) is 8.70. The van der Waals surface area contributed by atoms with Crippen molar-refractivity contribution in [1.82, 2.24) is 4.98 Å². The van der Waals surface area contributed by atoms with Gasteiger partial charge in [-0.25, -0.2) is 9.18 Å². The Balaban J connectivity index is 1.96. The number of aromatic carboxylic acids is 1. The molecule has 24 heavy (non-hydrogen) atoms. The normalized spacial score (nSPS) is 10.4.